The van der Waals surface area contributed by atoms with Gasteiger partial charge < -0.3 is 10.5 Å². The van der Waals surface area contributed by atoms with E-state index in [1.165, 1.54) is 5.69 Å². The van der Waals surface area contributed by atoms with Crippen LogP contribution in [-0.2, 0) is 24.8 Å². The molecule has 1 rings (SSSR count). The Morgan fingerprint density at radius 3 is 2.79 bits per heavy atom. The van der Waals surface area contributed by atoms with Crippen LogP contribution < -0.4 is 5.73 Å². The minimum absolute atomic E-state index is 0.557. The summed E-state index contributed by atoms with van der Waals surface area (Å²) in [6, 6.07) is 2.15. The van der Waals surface area contributed by atoms with Crippen molar-refractivity contribution in [3.8, 4) is 0 Å². The van der Waals surface area contributed by atoms with E-state index in [0.717, 1.165) is 38.2 Å². The maximum absolute atomic E-state index is 5.57. The van der Waals surface area contributed by atoms with Crippen molar-refractivity contribution in [2.24, 2.45) is 12.8 Å². The zero-order valence-corrected chi connectivity index (χ0v) is 12.9. The summed E-state index contributed by atoms with van der Waals surface area (Å²) < 4.78 is 7.09. The van der Waals surface area contributed by atoms with Crippen LogP contribution in [0.15, 0.2) is 6.07 Å². The van der Waals surface area contributed by atoms with Crippen molar-refractivity contribution in [2.45, 2.75) is 26.3 Å². The highest BCUT2D eigenvalue weighted by Crippen LogP contribution is 2.08. The molecular formula is C13H24N4OS. The van der Waals surface area contributed by atoms with Crippen LogP contribution in [0.4, 0.5) is 0 Å². The topological polar surface area (TPSA) is 56.3 Å². The summed E-state index contributed by atoms with van der Waals surface area (Å²) in [6.45, 7) is 5.38. The van der Waals surface area contributed by atoms with Gasteiger partial charge in [0.1, 0.15) is 0 Å². The molecule has 0 aromatic carbocycles. The van der Waals surface area contributed by atoms with Crippen molar-refractivity contribution in [3.63, 3.8) is 0 Å². The van der Waals surface area contributed by atoms with Gasteiger partial charge in [-0.3, -0.25) is 9.58 Å². The molecular weight excluding hydrogens is 260 g/mol. The van der Waals surface area contributed by atoms with Gasteiger partial charge in [0.15, 0.2) is 0 Å². The van der Waals surface area contributed by atoms with Crippen molar-refractivity contribution < 1.29 is 4.74 Å². The number of nitrogens with two attached hydrogens (primary N) is 1. The smallest absolute Gasteiger partial charge is 0.0740 e. The highest BCUT2D eigenvalue weighted by molar-refractivity contribution is 7.80. The number of thiocarbonyl (C=S) groups is 1. The molecule has 0 bridgehead atoms. The van der Waals surface area contributed by atoms with E-state index in [0.29, 0.717) is 11.6 Å². The van der Waals surface area contributed by atoms with E-state index in [1.807, 2.05) is 11.7 Å². The first-order chi connectivity index (χ1) is 9.06. The average molecular weight is 284 g/mol. The largest absolute Gasteiger partial charge is 0.393 e. The molecule has 0 spiro atoms. The standard InChI is InChI=1S/C13H24N4OS/c1-4-11-9-12(16(2)15-11)10-17(7-8-18-3)6-5-13(14)19/h9H,4-8,10H2,1-3H3,(H2,14,19). The lowest BCUT2D eigenvalue weighted by atomic mass is 10.3. The Morgan fingerprint density at radius 2 is 2.26 bits per heavy atom. The lowest BCUT2D eigenvalue weighted by Crippen LogP contribution is -2.31. The van der Waals surface area contributed by atoms with Crippen molar-refractivity contribution in [1.82, 2.24) is 14.7 Å². The quantitative estimate of drug-likeness (QED) is 0.688. The summed E-state index contributed by atoms with van der Waals surface area (Å²) in [5.41, 5.74) is 7.90. The number of ether oxygens (including phenoxy) is 1. The van der Waals surface area contributed by atoms with E-state index in [9.17, 15) is 0 Å². The molecule has 0 amide bonds. The van der Waals surface area contributed by atoms with Crippen LogP contribution in [0, 0.1) is 0 Å². The second kappa shape index (κ2) is 8.24. The number of nitrogens with zero attached hydrogens (tertiary/aromatic N) is 3. The summed E-state index contributed by atoms with van der Waals surface area (Å²) >= 11 is 4.94. The van der Waals surface area contributed by atoms with Crippen molar-refractivity contribution in [1.29, 1.82) is 0 Å². The Morgan fingerprint density at radius 1 is 1.53 bits per heavy atom. The van der Waals surface area contributed by atoms with E-state index >= 15 is 0 Å². The third-order valence-electron chi connectivity index (χ3n) is 3.06. The number of aryl methyl sites for hydroxylation is 2. The Bertz CT molecular complexity index is 405. The summed E-state index contributed by atoms with van der Waals surface area (Å²) in [6.07, 6.45) is 1.69. The number of hydrogen-bond donors (Lipinski definition) is 1. The third-order valence-corrected chi connectivity index (χ3v) is 3.27. The highest BCUT2D eigenvalue weighted by Gasteiger charge is 2.10. The first kappa shape index (κ1) is 16.1. The van der Waals surface area contributed by atoms with Gasteiger partial charge >= 0.3 is 0 Å². The fraction of sp³-hybridized carbons (Fsp3) is 0.692. The monoisotopic (exact) mass is 284 g/mol. The van der Waals surface area contributed by atoms with Crippen LogP contribution in [0.5, 0.6) is 0 Å². The summed E-state index contributed by atoms with van der Waals surface area (Å²) in [7, 11) is 3.70. The SMILES string of the molecule is CCc1cc(CN(CCOC)CCC(N)=S)n(C)n1. The number of methoxy groups -OCH3 is 1. The van der Waals surface area contributed by atoms with Gasteiger partial charge in [-0.2, -0.15) is 5.10 Å². The van der Waals surface area contributed by atoms with Crippen LogP contribution in [0.1, 0.15) is 24.7 Å². The molecule has 1 aromatic rings. The summed E-state index contributed by atoms with van der Waals surface area (Å²) in [5.74, 6) is 0. The van der Waals surface area contributed by atoms with Crippen molar-refractivity contribution >= 4 is 17.2 Å². The van der Waals surface area contributed by atoms with Gasteiger partial charge in [0.25, 0.3) is 0 Å². The van der Waals surface area contributed by atoms with E-state index in [2.05, 4.69) is 23.0 Å². The number of rotatable bonds is 9. The zero-order chi connectivity index (χ0) is 14.3. The number of aromatic nitrogens is 2. The van der Waals surface area contributed by atoms with Gasteiger partial charge in [0.2, 0.25) is 0 Å². The highest BCUT2D eigenvalue weighted by atomic mass is 32.1. The molecule has 0 unspecified atom stereocenters. The second-order valence-corrected chi connectivity index (χ2v) is 5.11. The second-order valence-electron chi connectivity index (χ2n) is 4.59. The van der Waals surface area contributed by atoms with E-state index < -0.39 is 0 Å². The van der Waals surface area contributed by atoms with E-state index in [4.69, 9.17) is 22.7 Å². The molecule has 0 radical (unpaired) electrons. The van der Waals surface area contributed by atoms with Crippen molar-refractivity contribution in [3.05, 3.63) is 17.5 Å². The van der Waals surface area contributed by atoms with Gasteiger partial charge in [0, 0.05) is 40.2 Å². The fourth-order valence-electron chi connectivity index (χ4n) is 1.88. The molecule has 0 saturated carbocycles. The molecule has 5 nitrogen and oxygen atoms in total. The number of hydrogen-bond acceptors (Lipinski definition) is 4. The first-order valence-electron chi connectivity index (χ1n) is 6.58. The minimum Gasteiger partial charge on any atom is -0.393 e. The lowest BCUT2D eigenvalue weighted by molar-refractivity contribution is 0.144. The molecule has 1 heterocycles. The van der Waals surface area contributed by atoms with E-state index in [1.54, 1.807) is 7.11 Å². The van der Waals surface area contributed by atoms with Crippen molar-refractivity contribution in [2.75, 3.05) is 26.8 Å². The lowest BCUT2D eigenvalue weighted by Gasteiger charge is -2.21. The van der Waals surface area contributed by atoms with Gasteiger partial charge in [-0.05, 0) is 12.5 Å². The Labute approximate surface area is 120 Å². The molecule has 0 aliphatic carbocycles. The fourth-order valence-corrected chi connectivity index (χ4v) is 1.97. The predicted octanol–water partition coefficient (Wildman–Crippen LogP) is 1.11. The summed E-state index contributed by atoms with van der Waals surface area (Å²) in [4.78, 5) is 2.85. The predicted molar refractivity (Wildman–Crippen MR) is 81.1 cm³/mol. The van der Waals surface area contributed by atoms with Gasteiger partial charge in [0.05, 0.1) is 23.0 Å². The summed E-state index contributed by atoms with van der Waals surface area (Å²) in [5, 5.41) is 4.47. The molecule has 0 aliphatic heterocycles. The third kappa shape index (κ3) is 5.67. The molecule has 0 atom stereocenters. The van der Waals surface area contributed by atoms with Crippen LogP contribution >= 0.6 is 12.2 Å². The van der Waals surface area contributed by atoms with E-state index in [-0.39, 0.29) is 0 Å². The molecule has 108 valence electrons. The molecule has 19 heavy (non-hydrogen) atoms. The molecule has 0 saturated heterocycles. The van der Waals surface area contributed by atoms with Gasteiger partial charge in [-0.25, -0.2) is 0 Å². The Balaban J connectivity index is 2.63. The molecule has 0 aliphatic rings. The van der Waals surface area contributed by atoms with Gasteiger partial charge in [-0.15, -0.1) is 0 Å². The van der Waals surface area contributed by atoms with Crippen LogP contribution in [0.25, 0.3) is 0 Å². The normalized spacial score (nSPS) is 11.2. The molecule has 6 heteroatoms. The van der Waals surface area contributed by atoms with Crippen LogP contribution in [0.2, 0.25) is 0 Å². The zero-order valence-electron chi connectivity index (χ0n) is 12.1. The molecule has 0 fully saturated rings. The van der Waals surface area contributed by atoms with Crippen LogP contribution in [0.3, 0.4) is 0 Å². The first-order valence-corrected chi connectivity index (χ1v) is 6.99. The molecule has 2 N–H and O–H groups in total. The maximum atomic E-state index is 5.57. The van der Waals surface area contributed by atoms with Gasteiger partial charge in [-0.1, -0.05) is 19.1 Å². The minimum atomic E-state index is 0.557. The average Bonchev–Trinajstić information content (AvgIpc) is 2.73. The Hall–Kier alpha value is -0.980. The Kier molecular flexibility index (Phi) is 6.97. The maximum Gasteiger partial charge on any atom is 0.0740 e. The van der Waals surface area contributed by atoms with Crippen LogP contribution in [-0.4, -0.2) is 46.5 Å². The molecule has 1 aromatic heterocycles.